The van der Waals surface area contributed by atoms with Crippen LogP contribution in [0.5, 0.6) is 0 Å². The molecule has 0 aliphatic heterocycles. The molecular formula is C13H26NO5+. The Hall–Kier alpha value is -1.14. The van der Waals surface area contributed by atoms with Gasteiger partial charge < -0.3 is 19.4 Å². The fourth-order valence-corrected chi connectivity index (χ4v) is 1.88. The molecule has 0 aliphatic carbocycles. The molecule has 0 spiro atoms. The van der Waals surface area contributed by atoms with Crippen molar-refractivity contribution in [2.45, 2.75) is 44.8 Å². The highest BCUT2D eigenvalue weighted by Crippen LogP contribution is 2.18. The Bertz CT molecular complexity index is 311. The summed E-state index contributed by atoms with van der Waals surface area (Å²) in [6, 6.07) is 0. The highest BCUT2D eigenvalue weighted by molar-refractivity contribution is 5.72. The van der Waals surface area contributed by atoms with E-state index in [2.05, 4.69) is 0 Å². The average Bonchev–Trinajstić information content (AvgIpc) is 2.11. The lowest BCUT2D eigenvalue weighted by atomic mass is 10.1. The number of hydrogen-bond acceptors (Lipinski definition) is 4. The number of aliphatic hydroxyl groups is 1. The van der Waals surface area contributed by atoms with Crippen LogP contribution in [0.25, 0.3) is 0 Å². The summed E-state index contributed by atoms with van der Waals surface area (Å²) < 4.78 is 5.29. The second kappa shape index (κ2) is 7.45. The predicted molar refractivity (Wildman–Crippen MR) is 70.3 cm³/mol. The van der Waals surface area contributed by atoms with Crippen LogP contribution in [0.4, 0.5) is 0 Å². The normalized spacial score (nSPS) is 14.8. The van der Waals surface area contributed by atoms with Crippen molar-refractivity contribution >= 4 is 11.9 Å². The number of carbonyl (C=O) groups excluding carboxylic acids is 1. The van der Waals surface area contributed by atoms with Gasteiger partial charge in [-0.15, -0.1) is 0 Å². The summed E-state index contributed by atoms with van der Waals surface area (Å²) in [4.78, 5) is 22.4. The number of rotatable bonds is 9. The molecule has 0 amide bonds. The second-order valence-electron chi connectivity index (χ2n) is 5.90. The minimum absolute atomic E-state index is 0.0266. The molecule has 19 heavy (non-hydrogen) atoms. The molecule has 0 aliphatic rings. The molecule has 2 N–H and O–H groups in total. The highest BCUT2D eigenvalue weighted by atomic mass is 16.7. The van der Waals surface area contributed by atoms with Gasteiger partial charge in [-0.3, -0.25) is 9.59 Å². The van der Waals surface area contributed by atoms with Gasteiger partial charge in [0.05, 0.1) is 21.1 Å². The van der Waals surface area contributed by atoms with Crippen LogP contribution in [0.15, 0.2) is 0 Å². The summed E-state index contributed by atoms with van der Waals surface area (Å²) >= 11 is 0. The number of carboxylic acids is 1. The van der Waals surface area contributed by atoms with Crippen LogP contribution in [0.1, 0.15) is 39.0 Å². The number of carbonyl (C=O) groups is 2. The van der Waals surface area contributed by atoms with E-state index < -0.39 is 24.1 Å². The number of esters is 1. The molecular weight excluding hydrogens is 250 g/mol. The number of hydrogen-bond donors (Lipinski definition) is 2. The van der Waals surface area contributed by atoms with Crippen molar-refractivity contribution in [2.75, 3.05) is 27.7 Å². The van der Waals surface area contributed by atoms with Gasteiger partial charge in [0.2, 0.25) is 0 Å². The smallest absolute Gasteiger partial charge is 0.310 e. The maximum Gasteiger partial charge on any atom is 0.310 e. The first-order chi connectivity index (χ1) is 8.58. The van der Waals surface area contributed by atoms with Crippen LogP contribution in [-0.2, 0) is 14.3 Å². The van der Waals surface area contributed by atoms with Crippen molar-refractivity contribution in [3.8, 4) is 0 Å². The quantitative estimate of drug-likeness (QED) is 0.284. The van der Waals surface area contributed by atoms with E-state index in [4.69, 9.17) is 9.84 Å². The molecule has 0 fully saturated rings. The summed E-state index contributed by atoms with van der Waals surface area (Å²) in [6.07, 6.45) is 2.16. The van der Waals surface area contributed by atoms with Gasteiger partial charge in [0.15, 0.2) is 0 Å². The average molecular weight is 276 g/mol. The van der Waals surface area contributed by atoms with E-state index in [1.807, 2.05) is 6.92 Å². The molecule has 0 bridgehead atoms. The van der Waals surface area contributed by atoms with Crippen LogP contribution in [0.2, 0.25) is 0 Å². The summed E-state index contributed by atoms with van der Waals surface area (Å²) in [7, 11) is 5.37. The Kier molecular flexibility index (Phi) is 7.00. The van der Waals surface area contributed by atoms with Crippen LogP contribution in [-0.4, -0.2) is 60.1 Å². The molecule has 6 heteroatoms. The number of ether oxygens (including phenoxy) is 1. The van der Waals surface area contributed by atoms with E-state index in [-0.39, 0.29) is 13.0 Å². The van der Waals surface area contributed by atoms with E-state index in [0.717, 1.165) is 12.8 Å². The van der Waals surface area contributed by atoms with E-state index in [1.165, 1.54) is 0 Å². The Morgan fingerprint density at radius 3 is 2.21 bits per heavy atom. The third kappa shape index (κ3) is 9.44. The molecule has 0 saturated heterocycles. The number of carboxylic acid groups (broad SMARTS) is 1. The highest BCUT2D eigenvalue weighted by Gasteiger charge is 2.40. The molecule has 0 aromatic heterocycles. The molecule has 0 rings (SSSR count). The summed E-state index contributed by atoms with van der Waals surface area (Å²) in [5, 5.41) is 19.0. The first-order valence-electron chi connectivity index (χ1n) is 6.54. The van der Waals surface area contributed by atoms with E-state index in [1.54, 1.807) is 21.1 Å². The molecule has 0 saturated carbocycles. The number of aliphatic carboxylic acids is 1. The maximum absolute atomic E-state index is 11.6. The van der Waals surface area contributed by atoms with Crippen molar-refractivity contribution in [3.05, 3.63) is 0 Å². The molecule has 0 heterocycles. The number of nitrogens with zero attached hydrogens (tertiary/aromatic N) is 1. The summed E-state index contributed by atoms with van der Waals surface area (Å²) in [5.41, 5.74) is 0. The zero-order valence-corrected chi connectivity index (χ0v) is 12.3. The number of unbranched alkanes of at least 4 members (excludes halogenated alkanes) is 2. The van der Waals surface area contributed by atoms with Gasteiger partial charge >= 0.3 is 11.9 Å². The molecule has 6 nitrogen and oxygen atoms in total. The zero-order chi connectivity index (χ0) is 15.1. The van der Waals surface area contributed by atoms with Crippen LogP contribution < -0.4 is 0 Å². The van der Waals surface area contributed by atoms with Crippen molar-refractivity contribution < 1.29 is 29.0 Å². The first kappa shape index (κ1) is 17.9. The fraction of sp³-hybridized carbons (Fsp3) is 0.846. The number of quaternary nitrogens is 1. The van der Waals surface area contributed by atoms with Crippen LogP contribution in [0, 0.1) is 0 Å². The molecule has 0 radical (unpaired) electrons. The minimum atomic E-state index is -1.95. The standard InChI is InChI=1S/C13H25NO5/c1-5-6-7-8-12(17)19-13(18,9-11(15)16)10-14(2,3)4/h18H,5-10H2,1-4H3/p+1. The first-order valence-corrected chi connectivity index (χ1v) is 6.54. The predicted octanol–water partition coefficient (Wildman–Crippen LogP) is 0.979. The lowest BCUT2D eigenvalue weighted by molar-refractivity contribution is -0.880. The lowest BCUT2D eigenvalue weighted by Crippen LogP contribution is -2.52. The molecule has 112 valence electrons. The lowest BCUT2D eigenvalue weighted by Gasteiger charge is -2.33. The van der Waals surface area contributed by atoms with E-state index in [0.29, 0.717) is 10.9 Å². The van der Waals surface area contributed by atoms with Gasteiger partial charge in [0.25, 0.3) is 5.79 Å². The largest absolute Gasteiger partial charge is 0.481 e. The molecule has 0 aromatic rings. The van der Waals surface area contributed by atoms with Crippen LogP contribution in [0.3, 0.4) is 0 Å². The Morgan fingerprint density at radius 1 is 1.21 bits per heavy atom. The molecule has 1 unspecified atom stereocenters. The van der Waals surface area contributed by atoms with Crippen molar-refractivity contribution in [3.63, 3.8) is 0 Å². The van der Waals surface area contributed by atoms with E-state index in [9.17, 15) is 14.7 Å². The van der Waals surface area contributed by atoms with E-state index >= 15 is 0 Å². The monoisotopic (exact) mass is 276 g/mol. The molecule has 1 atom stereocenters. The van der Waals surface area contributed by atoms with Gasteiger partial charge in [-0.2, -0.15) is 0 Å². The van der Waals surface area contributed by atoms with Gasteiger partial charge in [0, 0.05) is 6.42 Å². The minimum Gasteiger partial charge on any atom is -0.481 e. The maximum atomic E-state index is 11.6. The fourth-order valence-electron chi connectivity index (χ4n) is 1.88. The van der Waals surface area contributed by atoms with Crippen molar-refractivity contribution in [2.24, 2.45) is 0 Å². The Morgan fingerprint density at radius 2 is 1.79 bits per heavy atom. The third-order valence-electron chi connectivity index (χ3n) is 2.44. The summed E-state index contributed by atoms with van der Waals surface area (Å²) in [6.45, 7) is 2.04. The van der Waals surface area contributed by atoms with Gasteiger partial charge in [-0.1, -0.05) is 19.8 Å². The Balaban J connectivity index is 4.58. The SMILES string of the molecule is CCCCCC(=O)OC(O)(CC(=O)O)C[N+](C)(C)C. The third-order valence-corrected chi connectivity index (χ3v) is 2.44. The van der Waals surface area contributed by atoms with Crippen LogP contribution >= 0.6 is 0 Å². The van der Waals surface area contributed by atoms with Gasteiger partial charge in [0.1, 0.15) is 13.0 Å². The van der Waals surface area contributed by atoms with Crippen molar-refractivity contribution in [1.82, 2.24) is 0 Å². The second-order valence-corrected chi connectivity index (χ2v) is 5.90. The van der Waals surface area contributed by atoms with Gasteiger partial charge in [-0.05, 0) is 6.42 Å². The summed E-state index contributed by atoms with van der Waals surface area (Å²) in [5.74, 6) is -3.70. The van der Waals surface area contributed by atoms with Crippen molar-refractivity contribution in [1.29, 1.82) is 0 Å². The zero-order valence-electron chi connectivity index (χ0n) is 12.3. The van der Waals surface area contributed by atoms with Gasteiger partial charge in [-0.25, -0.2) is 0 Å². The molecule has 0 aromatic carbocycles. The topological polar surface area (TPSA) is 83.8 Å². The number of likely N-dealkylation sites (N-methyl/N-ethyl adjacent to an activating group) is 1. The Labute approximate surface area is 114 Å².